The van der Waals surface area contributed by atoms with Gasteiger partial charge in [-0.15, -0.1) is 0 Å². The molecule has 1 fully saturated rings. The number of morpholine rings is 1. The Morgan fingerprint density at radius 3 is 2.77 bits per heavy atom. The normalized spacial score (nSPS) is 15.0. The third-order valence-corrected chi connectivity index (χ3v) is 4.95. The van der Waals surface area contributed by atoms with Crippen molar-refractivity contribution >= 4 is 29.2 Å². The summed E-state index contributed by atoms with van der Waals surface area (Å²) in [6.07, 6.45) is 0. The van der Waals surface area contributed by atoms with E-state index in [2.05, 4.69) is 20.5 Å². The van der Waals surface area contributed by atoms with E-state index < -0.39 is 0 Å². The average Bonchev–Trinajstić information content (AvgIpc) is 2.74. The number of methoxy groups -OCH3 is 1. The van der Waals surface area contributed by atoms with Crippen LogP contribution >= 0.6 is 11.6 Å². The van der Waals surface area contributed by atoms with Crippen molar-refractivity contribution < 1.29 is 14.3 Å². The maximum Gasteiger partial charge on any atom is 0.257 e. The van der Waals surface area contributed by atoms with E-state index in [4.69, 9.17) is 21.1 Å². The minimum atomic E-state index is -0.239. The van der Waals surface area contributed by atoms with Crippen LogP contribution < -0.4 is 15.4 Å². The van der Waals surface area contributed by atoms with Gasteiger partial charge in [0.2, 0.25) is 5.96 Å². The number of carbonyl (C=O) groups excluding carboxylic acids is 1. The van der Waals surface area contributed by atoms with Gasteiger partial charge in [-0.1, -0.05) is 29.3 Å². The number of aliphatic imine (C=N–C) groups is 1. The molecule has 1 saturated heterocycles. The zero-order valence-electron chi connectivity index (χ0n) is 17.3. The molecule has 1 amide bonds. The molecule has 8 heteroatoms. The van der Waals surface area contributed by atoms with Crippen LogP contribution in [0.15, 0.2) is 47.5 Å². The lowest BCUT2D eigenvalue weighted by molar-refractivity contribution is 0.0394. The molecular weight excluding hydrogens is 404 g/mol. The number of nitrogens with one attached hydrogen (secondary N) is 2. The van der Waals surface area contributed by atoms with Crippen molar-refractivity contribution in [3.8, 4) is 5.75 Å². The second-order valence-corrected chi connectivity index (χ2v) is 7.41. The lowest BCUT2D eigenvalue weighted by atomic mass is 10.1. The number of amides is 1. The Balaban J connectivity index is 1.76. The molecule has 7 nitrogen and oxygen atoms in total. The van der Waals surface area contributed by atoms with Gasteiger partial charge in [0, 0.05) is 30.2 Å². The maximum absolute atomic E-state index is 12.8. The van der Waals surface area contributed by atoms with E-state index in [0.29, 0.717) is 34.5 Å². The molecule has 0 unspecified atom stereocenters. The lowest BCUT2D eigenvalue weighted by Gasteiger charge is -2.25. The summed E-state index contributed by atoms with van der Waals surface area (Å²) >= 11 is 6.14. The van der Waals surface area contributed by atoms with Gasteiger partial charge in [0.05, 0.1) is 32.6 Å². The van der Waals surface area contributed by atoms with Gasteiger partial charge in [-0.05, 0) is 37.3 Å². The van der Waals surface area contributed by atoms with Gasteiger partial charge in [0.25, 0.3) is 5.91 Å². The lowest BCUT2D eigenvalue weighted by Crippen LogP contribution is -2.39. The molecule has 0 bridgehead atoms. The second-order valence-electron chi connectivity index (χ2n) is 6.98. The molecule has 30 heavy (non-hydrogen) atoms. The molecule has 0 atom stereocenters. The predicted molar refractivity (Wildman–Crippen MR) is 120 cm³/mol. The van der Waals surface area contributed by atoms with E-state index in [1.807, 2.05) is 25.1 Å². The number of ether oxygens (including phenoxy) is 2. The molecule has 2 aromatic carbocycles. The van der Waals surface area contributed by atoms with Crippen LogP contribution in [0, 0.1) is 6.92 Å². The smallest absolute Gasteiger partial charge is 0.257 e. The van der Waals surface area contributed by atoms with Crippen molar-refractivity contribution in [2.75, 3.05) is 51.8 Å². The number of carbonyl (C=O) groups is 1. The topological polar surface area (TPSA) is 75.2 Å². The molecule has 1 aliphatic heterocycles. The highest BCUT2D eigenvalue weighted by molar-refractivity contribution is 6.31. The molecule has 0 aliphatic carbocycles. The van der Waals surface area contributed by atoms with Crippen molar-refractivity contribution in [2.45, 2.75) is 6.92 Å². The number of guanidine groups is 1. The highest BCUT2D eigenvalue weighted by Crippen LogP contribution is 2.27. The second kappa shape index (κ2) is 11.0. The standard InChI is InChI=1S/C22H27ClN4O3/c1-16-4-3-5-17(14-16)21(28)26-22(24-8-9-27-10-12-30-13-11-27)25-19-15-18(23)6-7-20(19)29-2/h3-7,14-15H,8-13H2,1-2H3,(H2,24,25,26,28). The predicted octanol–water partition coefficient (Wildman–Crippen LogP) is 3.19. The third-order valence-electron chi connectivity index (χ3n) is 4.72. The van der Waals surface area contributed by atoms with Crippen molar-refractivity contribution in [3.05, 3.63) is 58.6 Å². The number of anilines is 1. The van der Waals surface area contributed by atoms with E-state index in [-0.39, 0.29) is 5.91 Å². The van der Waals surface area contributed by atoms with Gasteiger partial charge in [-0.3, -0.25) is 20.0 Å². The zero-order chi connectivity index (χ0) is 21.3. The fourth-order valence-corrected chi connectivity index (χ4v) is 3.28. The number of hydrogen-bond acceptors (Lipinski definition) is 5. The first kappa shape index (κ1) is 22.1. The van der Waals surface area contributed by atoms with Gasteiger partial charge in [0.15, 0.2) is 0 Å². The van der Waals surface area contributed by atoms with Crippen molar-refractivity contribution in [1.82, 2.24) is 10.2 Å². The first-order valence-electron chi connectivity index (χ1n) is 9.88. The Hall–Kier alpha value is -2.61. The molecular formula is C22H27ClN4O3. The summed E-state index contributed by atoms with van der Waals surface area (Å²) in [5.41, 5.74) is 2.20. The molecule has 2 N–H and O–H groups in total. The summed E-state index contributed by atoms with van der Waals surface area (Å²) in [6, 6.07) is 12.6. The Kier molecular flexibility index (Phi) is 8.07. The summed E-state index contributed by atoms with van der Waals surface area (Å²) in [4.78, 5) is 19.7. The number of rotatable bonds is 6. The van der Waals surface area contributed by atoms with Crippen molar-refractivity contribution in [1.29, 1.82) is 0 Å². The summed E-state index contributed by atoms with van der Waals surface area (Å²) in [7, 11) is 1.58. The minimum Gasteiger partial charge on any atom is -0.495 e. The molecule has 1 heterocycles. The van der Waals surface area contributed by atoms with Gasteiger partial charge in [-0.25, -0.2) is 0 Å². The highest BCUT2D eigenvalue weighted by Gasteiger charge is 2.13. The fraction of sp³-hybridized carbons (Fsp3) is 0.364. The van der Waals surface area contributed by atoms with Crippen LogP contribution in [-0.4, -0.2) is 63.3 Å². The number of hydrogen-bond donors (Lipinski definition) is 2. The van der Waals surface area contributed by atoms with Crippen LogP contribution in [-0.2, 0) is 4.74 Å². The fourth-order valence-electron chi connectivity index (χ4n) is 3.11. The molecule has 2 aromatic rings. The molecule has 3 rings (SSSR count). The number of aryl methyl sites for hydroxylation is 1. The van der Waals surface area contributed by atoms with Gasteiger partial charge < -0.3 is 14.8 Å². The summed E-state index contributed by atoms with van der Waals surface area (Å²) < 4.78 is 10.8. The Morgan fingerprint density at radius 1 is 1.23 bits per heavy atom. The van der Waals surface area contributed by atoms with Crippen LogP contribution in [0.4, 0.5) is 5.69 Å². The number of halogens is 1. The zero-order valence-corrected chi connectivity index (χ0v) is 18.0. The maximum atomic E-state index is 12.8. The van der Waals surface area contributed by atoms with Crippen molar-refractivity contribution in [2.24, 2.45) is 4.99 Å². The Bertz CT molecular complexity index is 898. The van der Waals surface area contributed by atoms with Crippen LogP contribution in [0.5, 0.6) is 5.75 Å². The van der Waals surface area contributed by atoms with Crippen LogP contribution in [0.2, 0.25) is 5.02 Å². The molecule has 0 radical (unpaired) electrons. The molecule has 160 valence electrons. The molecule has 0 spiro atoms. The average molecular weight is 431 g/mol. The first-order chi connectivity index (χ1) is 14.5. The summed E-state index contributed by atoms with van der Waals surface area (Å²) in [6.45, 7) is 6.49. The molecule has 0 saturated carbocycles. The van der Waals surface area contributed by atoms with E-state index >= 15 is 0 Å². The number of nitrogens with zero attached hydrogens (tertiary/aromatic N) is 2. The van der Waals surface area contributed by atoms with E-state index in [1.165, 1.54) is 0 Å². The summed E-state index contributed by atoms with van der Waals surface area (Å²) in [5, 5.41) is 6.59. The molecule has 1 aliphatic rings. The third kappa shape index (κ3) is 6.45. The van der Waals surface area contributed by atoms with Crippen molar-refractivity contribution in [3.63, 3.8) is 0 Å². The van der Waals surface area contributed by atoms with Crippen LogP contribution in [0.1, 0.15) is 15.9 Å². The SMILES string of the molecule is COc1ccc(Cl)cc1NC(=NCCN1CCOCC1)NC(=O)c1cccc(C)c1. The Morgan fingerprint density at radius 2 is 2.03 bits per heavy atom. The summed E-state index contributed by atoms with van der Waals surface area (Å²) in [5.74, 6) is 0.706. The largest absolute Gasteiger partial charge is 0.495 e. The van der Waals surface area contributed by atoms with Gasteiger partial charge in [-0.2, -0.15) is 0 Å². The van der Waals surface area contributed by atoms with Crippen LogP contribution in [0.25, 0.3) is 0 Å². The molecule has 0 aromatic heterocycles. The highest BCUT2D eigenvalue weighted by atomic mass is 35.5. The number of benzene rings is 2. The van der Waals surface area contributed by atoms with Gasteiger partial charge >= 0.3 is 0 Å². The first-order valence-corrected chi connectivity index (χ1v) is 10.3. The van der Waals surface area contributed by atoms with Gasteiger partial charge in [0.1, 0.15) is 5.75 Å². The Labute approximate surface area is 182 Å². The quantitative estimate of drug-likeness (QED) is 0.543. The monoisotopic (exact) mass is 430 g/mol. The minimum absolute atomic E-state index is 0.239. The van der Waals surface area contributed by atoms with E-state index in [1.54, 1.807) is 31.4 Å². The van der Waals surface area contributed by atoms with E-state index in [0.717, 1.165) is 38.4 Å². The van der Waals surface area contributed by atoms with E-state index in [9.17, 15) is 4.79 Å². The van der Waals surface area contributed by atoms with Crippen LogP contribution in [0.3, 0.4) is 0 Å².